The van der Waals surface area contributed by atoms with Crippen LogP contribution in [0.15, 0.2) is 66.7 Å². The van der Waals surface area contributed by atoms with Gasteiger partial charge in [-0.3, -0.25) is 0 Å². The third kappa shape index (κ3) is 3.76. The predicted octanol–water partition coefficient (Wildman–Crippen LogP) is 6.35. The van der Waals surface area contributed by atoms with Gasteiger partial charge < -0.3 is 9.47 Å². The minimum absolute atomic E-state index is 0.105. The Labute approximate surface area is 171 Å². The fourth-order valence-corrected chi connectivity index (χ4v) is 4.27. The number of ether oxygens (including phenoxy) is 2. The molecule has 1 saturated heterocycles. The van der Waals surface area contributed by atoms with Crippen molar-refractivity contribution in [3.63, 3.8) is 0 Å². The van der Waals surface area contributed by atoms with Gasteiger partial charge in [0.15, 0.2) is 0 Å². The monoisotopic (exact) mass is 390 g/mol. The normalized spacial score (nSPS) is 22.0. The lowest BCUT2D eigenvalue weighted by Crippen LogP contribution is -2.44. The lowest BCUT2D eigenvalue weighted by atomic mass is 9.95. The topological polar surface area (TPSA) is 36.9 Å². The number of hydrogen-bond acceptors (Lipinski definition) is 4. The van der Waals surface area contributed by atoms with Gasteiger partial charge in [-0.1, -0.05) is 55.5 Å². The first-order valence-corrected chi connectivity index (χ1v) is 10.5. The Morgan fingerprint density at radius 2 is 1.69 bits per heavy atom. The molecule has 3 aromatic rings. The lowest BCUT2D eigenvalue weighted by molar-refractivity contribution is -0.486. The molecule has 1 aliphatic heterocycles. The molecule has 1 spiro atoms. The molecule has 0 bridgehead atoms. The largest absolute Gasteiger partial charge is 0.457 e. The van der Waals surface area contributed by atoms with Gasteiger partial charge in [-0.15, -0.1) is 0 Å². The molecule has 0 amide bonds. The Hall–Kier alpha value is -2.40. The quantitative estimate of drug-likeness (QED) is 0.486. The van der Waals surface area contributed by atoms with Gasteiger partial charge in [0.25, 0.3) is 0 Å². The van der Waals surface area contributed by atoms with E-state index in [2.05, 4.69) is 37.3 Å². The Bertz CT molecular complexity index is 960. The van der Waals surface area contributed by atoms with Crippen LogP contribution in [0.4, 0.5) is 0 Å². The maximum atomic E-state index is 6.15. The van der Waals surface area contributed by atoms with Crippen LogP contribution in [-0.4, -0.2) is 18.5 Å². The van der Waals surface area contributed by atoms with Gasteiger partial charge in [0, 0.05) is 24.1 Å². The minimum atomic E-state index is -0.494. The van der Waals surface area contributed by atoms with Crippen LogP contribution in [0.25, 0.3) is 10.8 Å². The van der Waals surface area contributed by atoms with E-state index in [4.69, 9.17) is 19.2 Å². The molecule has 3 aromatic carbocycles. The highest BCUT2D eigenvalue weighted by Gasteiger charge is 2.43. The zero-order valence-corrected chi connectivity index (χ0v) is 16.7. The zero-order chi connectivity index (χ0) is 19.7. The number of fused-ring (bicyclic) bond motifs is 1. The van der Waals surface area contributed by atoms with Crippen molar-refractivity contribution in [2.24, 2.45) is 0 Å². The maximum Gasteiger partial charge on any atom is 0.201 e. The average Bonchev–Trinajstić information content (AvgIpc) is 3.22. The van der Waals surface area contributed by atoms with E-state index < -0.39 is 5.79 Å². The Morgan fingerprint density at radius 1 is 0.931 bits per heavy atom. The van der Waals surface area contributed by atoms with Crippen LogP contribution < -0.4 is 4.74 Å². The van der Waals surface area contributed by atoms with E-state index in [9.17, 15) is 0 Å². The van der Waals surface area contributed by atoms with Crippen LogP contribution in [0.5, 0.6) is 11.5 Å². The number of hydrogen-bond donors (Lipinski definition) is 0. The van der Waals surface area contributed by atoms with Crippen LogP contribution in [-0.2, 0) is 14.5 Å². The predicted molar refractivity (Wildman–Crippen MR) is 112 cm³/mol. The second-order valence-corrected chi connectivity index (χ2v) is 8.08. The lowest BCUT2D eigenvalue weighted by Gasteiger charge is -2.38. The van der Waals surface area contributed by atoms with Crippen molar-refractivity contribution in [3.8, 4) is 11.5 Å². The molecule has 29 heavy (non-hydrogen) atoms. The van der Waals surface area contributed by atoms with Crippen LogP contribution in [0.1, 0.15) is 44.1 Å². The summed E-state index contributed by atoms with van der Waals surface area (Å²) in [5.74, 6) is 1.36. The van der Waals surface area contributed by atoms with Gasteiger partial charge in [0.2, 0.25) is 5.79 Å². The number of rotatable bonds is 4. The third-order valence-electron chi connectivity index (χ3n) is 6.14. The Morgan fingerprint density at radius 3 is 2.45 bits per heavy atom. The molecule has 1 unspecified atom stereocenters. The van der Waals surface area contributed by atoms with Gasteiger partial charge in [-0.05, 0) is 42.0 Å². The molecule has 150 valence electrons. The van der Waals surface area contributed by atoms with Crippen LogP contribution in [0.2, 0.25) is 0 Å². The molecule has 2 atom stereocenters. The smallest absolute Gasteiger partial charge is 0.201 e. The SMILES string of the molecule is C[C@H](c1ccc(Oc2cccc3ccccc23)cc1)C1COC2(CCCC2)OO1. The molecule has 0 N–H and O–H groups in total. The standard InChI is InChI=1S/C25H26O4/c1-18(24-17-26-25(29-28-24)15-4-5-16-25)19-11-13-21(14-12-19)27-23-10-6-8-20-7-2-3-9-22(20)23/h2-3,6-14,18,24H,4-5,15-17H2,1H3/t18-,24?/m1/s1. The van der Waals surface area contributed by atoms with Crippen molar-refractivity contribution in [1.82, 2.24) is 0 Å². The van der Waals surface area contributed by atoms with E-state index in [0.29, 0.717) is 6.61 Å². The molecule has 1 aliphatic carbocycles. The molecule has 0 aromatic heterocycles. The first-order chi connectivity index (χ1) is 14.2. The fourth-order valence-electron chi connectivity index (χ4n) is 4.27. The summed E-state index contributed by atoms with van der Waals surface area (Å²) in [5, 5.41) is 2.28. The van der Waals surface area contributed by atoms with Gasteiger partial charge in [-0.25, -0.2) is 9.78 Å². The van der Waals surface area contributed by atoms with Gasteiger partial charge in [0.05, 0.1) is 6.61 Å². The molecule has 2 fully saturated rings. The molecule has 4 heteroatoms. The van der Waals surface area contributed by atoms with Crippen molar-refractivity contribution < 1.29 is 19.2 Å². The summed E-state index contributed by atoms with van der Waals surface area (Å²) >= 11 is 0. The highest BCUT2D eigenvalue weighted by atomic mass is 17.2. The maximum absolute atomic E-state index is 6.15. The van der Waals surface area contributed by atoms with Crippen molar-refractivity contribution in [3.05, 3.63) is 72.3 Å². The minimum Gasteiger partial charge on any atom is -0.457 e. The van der Waals surface area contributed by atoms with Crippen LogP contribution >= 0.6 is 0 Å². The summed E-state index contributed by atoms with van der Waals surface area (Å²) in [6.45, 7) is 2.71. The molecule has 0 radical (unpaired) electrons. The van der Waals surface area contributed by atoms with Crippen LogP contribution in [0.3, 0.4) is 0 Å². The molecular formula is C25H26O4. The summed E-state index contributed by atoms with van der Waals surface area (Å²) in [4.78, 5) is 11.4. The number of benzene rings is 3. The van der Waals surface area contributed by atoms with Crippen molar-refractivity contribution in [2.45, 2.75) is 50.4 Å². The van der Waals surface area contributed by atoms with E-state index in [-0.39, 0.29) is 12.0 Å². The first-order valence-electron chi connectivity index (χ1n) is 10.5. The van der Waals surface area contributed by atoms with Gasteiger partial charge in [0.1, 0.15) is 17.6 Å². The highest BCUT2D eigenvalue weighted by Crippen LogP contribution is 2.39. The summed E-state index contributed by atoms with van der Waals surface area (Å²) in [5.41, 5.74) is 1.18. The van der Waals surface area contributed by atoms with E-state index in [1.54, 1.807) is 0 Å². The second kappa shape index (κ2) is 7.79. The van der Waals surface area contributed by atoms with Gasteiger partial charge >= 0.3 is 0 Å². The summed E-state index contributed by atoms with van der Waals surface area (Å²) < 4.78 is 12.2. The first kappa shape index (κ1) is 18.6. The summed E-state index contributed by atoms with van der Waals surface area (Å²) in [7, 11) is 0. The third-order valence-corrected chi connectivity index (χ3v) is 6.14. The Balaban J connectivity index is 1.26. The molecule has 5 rings (SSSR count). The van der Waals surface area contributed by atoms with Crippen molar-refractivity contribution in [2.75, 3.05) is 6.61 Å². The van der Waals surface area contributed by atoms with E-state index in [1.807, 2.05) is 36.4 Å². The second-order valence-electron chi connectivity index (χ2n) is 8.08. The van der Waals surface area contributed by atoms with Gasteiger partial charge in [-0.2, -0.15) is 0 Å². The zero-order valence-electron chi connectivity index (χ0n) is 16.7. The van der Waals surface area contributed by atoms with E-state index >= 15 is 0 Å². The average molecular weight is 390 g/mol. The van der Waals surface area contributed by atoms with E-state index in [1.165, 1.54) is 10.9 Å². The fraction of sp³-hybridized carbons (Fsp3) is 0.360. The van der Waals surface area contributed by atoms with Crippen LogP contribution in [0, 0.1) is 0 Å². The molecular weight excluding hydrogens is 364 g/mol. The molecule has 1 heterocycles. The summed E-state index contributed by atoms with van der Waals surface area (Å²) in [6.07, 6.45) is 4.03. The van der Waals surface area contributed by atoms with E-state index in [0.717, 1.165) is 42.6 Å². The molecule has 1 saturated carbocycles. The molecule has 4 nitrogen and oxygen atoms in total. The Kier molecular flexibility index (Phi) is 5.00. The highest BCUT2D eigenvalue weighted by molar-refractivity contribution is 5.88. The van der Waals surface area contributed by atoms with Crippen molar-refractivity contribution >= 4 is 10.8 Å². The molecule has 2 aliphatic rings. The van der Waals surface area contributed by atoms with Crippen molar-refractivity contribution in [1.29, 1.82) is 0 Å². The summed E-state index contributed by atoms with van der Waals surface area (Å²) in [6, 6.07) is 22.6.